The molecule has 1 fully saturated rings. The van der Waals surface area contributed by atoms with E-state index in [9.17, 15) is 4.79 Å². The number of carbonyl (C=O) groups is 1. The molecule has 1 saturated heterocycles. The van der Waals surface area contributed by atoms with Crippen molar-refractivity contribution in [2.45, 2.75) is 20.3 Å². The molecule has 0 atom stereocenters. The number of carbonyl (C=O) groups excluding carboxylic acids is 1. The van der Waals surface area contributed by atoms with Gasteiger partial charge in [-0.25, -0.2) is 0 Å². The van der Waals surface area contributed by atoms with Crippen LogP contribution < -0.4 is 10.2 Å². The summed E-state index contributed by atoms with van der Waals surface area (Å²) in [5, 5.41) is 6.39. The summed E-state index contributed by atoms with van der Waals surface area (Å²) in [6, 6.07) is 18.6. The molecule has 2 heterocycles. The average Bonchev–Trinajstić information content (AvgIpc) is 3.23. The van der Waals surface area contributed by atoms with Gasteiger partial charge in [0, 0.05) is 48.5 Å². The minimum atomic E-state index is -0.0342. The summed E-state index contributed by atoms with van der Waals surface area (Å²) >= 11 is 0. The number of rotatable bonds is 5. The highest BCUT2D eigenvalue weighted by molar-refractivity contribution is 6.09. The fourth-order valence-electron chi connectivity index (χ4n) is 4.68. The number of anilines is 2. The molecule has 3 aromatic carbocycles. The number of hydrogen-bond acceptors (Lipinski definition) is 4. The standard InChI is InChI=1S/C27H29N3O2/c1-3-29-12-14-30(15-13-29)22-9-10-24(19(2)16-22)28-26(31)17-21-18-32-25-11-8-20-6-4-5-7-23(20)27(21)25/h4-11,16,18H,3,12-15,17H2,1-2H3,(H,28,31). The van der Waals surface area contributed by atoms with E-state index in [2.05, 4.69) is 59.3 Å². The molecule has 0 unspecified atom stereocenters. The van der Waals surface area contributed by atoms with Gasteiger partial charge < -0.3 is 19.5 Å². The first kappa shape index (κ1) is 20.6. The summed E-state index contributed by atoms with van der Waals surface area (Å²) in [5.41, 5.74) is 4.90. The zero-order chi connectivity index (χ0) is 22.1. The molecule has 164 valence electrons. The van der Waals surface area contributed by atoms with E-state index in [0.717, 1.165) is 71.3 Å². The van der Waals surface area contributed by atoms with Crippen molar-refractivity contribution in [3.05, 3.63) is 72.0 Å². The van der Waals surface area contributed by atoms with Crippen molar-refractivity contribution in [2.24, 2.45) is 0 Å². The number of nitrogens with zero attached hydrogens (tertiary/aromatic N) is 2. The van der Waals surface area contributed by atoms with Crippen molar-refractivity contribution in [3.8, 4) is 0 Å². The first-order chi connectivity index (χ1) is 15.6. The highest BCUT2D eigenvalue weighted by Crippen LogP contribution is 2.30. The predicted molar refractivity (Wildman–Crippen MR) is 132 cm³/mol. The molecular formula is C27H29N3O2. The van der Waals surface area contributed by atoms with Crippen LogP contribution in [0.2, 0.25) is 0 Å². The Kier molecular flexibility index (Phi) is 5.58. The molecule has 32 heavy (non-hydrogen) atoms. The van der Waals surface area contributed by atoms with Crippen LogP contribution in [0.4, 0.5) is 11.4 Å². The highest BCUT2D eigenvalue weighted by Gasteiger charge is 2.17. The van der Waals surface area contributed by atoms with Gasteiger partial charge in [-0.3, -0.25) is 4.79 Å². The van der Waals surface area contributed by atoms with Crippen molar-refractivity contribution in [2.75, 3.05) is 42.9 Å². The normalized spacial score (nSPS) is 14.9. The highest BCUT2D eigenvalue weighted by atomic mass is 16.3. The number of furan rings is 1. The molecule has 1 N–H and O–H groups in total. The van der Waals surface area contributed by atoms with Crippen LogP contribution in [-0.2, 0) is 11.2 Å². The third-order valence-electron chi connectivity index (χ3n) is 6.56. The van der Waals surface area contributed by atoms with Gasteiger partial charge in [-0.2, -0.15) is 0 Å². The third-order valence-corrected chi connectivity index (χ3v) is 6.56. The Hall–Kier alpha value is -3.31. The molecule has 1 aliphatic heterocycles. The van der Waals surface area contributed by atoms with Gasteiger partial charge in [0.1, 0.15) is 5.58 Å². The van der Waals surface area contributed by atoms with Gasteiger partial charge in [0.15, 0.2) is 0 Å². The van der Waals surface area contributed by atoms with Gasteiger partial charge in [-0.1, -0.05) is 37.3 Å². The number of likely N-dealkylation sites (N-methyl/N-ethyl adjacent to an activating group) is 1. The number of aryl methyl sites for hydroxylation is 1. The van der Waals surface area contributed by atoms with Crippen LogP contribution in [0, 0.1) is 6.92 Å². The molecule has 0 bridgehead atoms. The van der Waals surface area contributed by atoms with Crippen molar-refractivity contribution in [1.29, 1.82) is 0 Å². The molecule has 1 aliphatic rings. The first-order valence-corrected chi connectivity index (χ1v) is 11.4. The van der Waals surface area contributed by atoms with Crippen LogP contribution in [0.5, 0.6) is 0 Å². The Morgan fingerprint density at radius 3 is 2.62 bits per heavy atom. The lowest BCUT2D eigenvalue weighted by molar-refractivity contribution is -0.115. The fraction of sp³-hybridized carbons (Fsp3) is 0.296. The Balaban J connectivity index is 1.31. The number of nitrogens with one attached hydrogen (secondary N) is 1. The summed E-state index contributed by atoms with van der Waals surface area (Å²) in [7, 11) is 0. The maximum atomic E-state index is 12.9. The molecule has 0 spiro atoms. The second-order valence-electron chi connectivity index (χ2n) is 8.57. The smallest absolute Gasteiger partial charge is 0.228 e. The summed E-state index contributed by atoms with van der Waals surface area (Å²) in [6.45, 7) is 9.66. The second kappa shape index (κ2) is 8.67. The maximum Gasteiger partial charge on any atom is 0.228 e. The molecule has 5 heteroatoms. The van der Waals surface area contributed by atoms with Crippen LogP contribution in [0.25, 0.3) is 21.7 Å². The Labute approximate surface area is 188 Å². The molecule has 1 aromatic heterocycles. The summed E-state index contributed by atoms with van der Waals surface area (Å²) in [4.78, 5) is 17.8. The van der Waals surface area contributed by atoms with E-state index >= 15 is 0 Å². The number of benzene rings is 3. The monoisotopic (exact) mass is 427 g/mol. The summed E-state index contributed by atoms with van der Waals surface area (Å²) in [5.74, 6) is -0.0342. The predicted octanol–water partition coefficient (Wildman–Crippen LogP) is 5.22. The van der Waals surface area contributed by atoms with Crippen LogP contribution in [0.15, 0.2) is 65.3 Å². The molecule has 0 aliphatic carbocycles. The Morgan fingerprint density at radius 1 is 1.03 bits per heavy atom. The maximum absolute atomic E-state index is 12.9. The lowest BCUT2D eigenvalue weighted by Gasteiger charge is -2.35. The van der Waals surface area contributed by atoms with Crippen LogP contribution in [0.1, 0.15) is 18.1 Å². The Bertz CT molecular complexity index is 1270. The molecule has 0 radical (unpaired) electrons. The van der Waals surface area contributed by atoms with E-state index in [1.807, 2.05) is 24.3 Å². The Morgan fingerprint density at radius 2 is 1.84 bits per heavy atom. The molecule has 4 aromatic rings. The molecule has 5 rings (SSSR count). The van der Waals surface area contributed by atoms with Crippen molar-refractivity contribution in [3.63, 3.8) is 0 Å². The minimum absolute atomic E-state index is 0.0342. The molecule has 1 amide bonds. The molecule has 5 nitrogen and oxygen atoms in total. The zero-order valence-electron chi connectivity index (χ0n) is 18.7. The average molecular weight is 428 g/mol. The lowest BCUT2D eigenvalue weighted by Crippen LogP contribution is -2.46. The quantitative estimate of drug-likeness (QED) is 0.475. The molecular weight excluding hydrogens is 398 g/mol. The van der Waals surface area contributed by atoms with Gasteiger partial charge in [-0.15, -0.1) is 0 Å². The van der Waals surface area contributed by atoms with E-state index in [-0.39, 0.29) is 12.3 Å². The fourth-order valence-corrected chi connectivity index (χ4v) is 4.68. The minimum Gasteiger partial charge on any atom is -0.464 e. The largest absolute Gasteiger partial charge is 0.464 e. The van der Waals surface area contributed by atoms with Gasteiger partial charge in [0.2, 0.25) is 5.91 Å². The van der Waals surface area contributed by atoms with Gasteiger partial charge in [0.05, 0.1) is 12.7 Å². The van der Waals surface area contributed by atoms with Gasteiger partial charge >= 0.3 is 0 Å². The second-order valence-corrected chi connectivity index (χ2v) is 8.57. The number of piperazine rings is 1. The number of fused-ring (bicyclic) bond motifs is 3. The zero-order valence-corrected chi connectivity index (χ0v) is 18.7. The lowest BCUT2D eigenvalue weighted by atomic mass is 10.0. The van der Waals surface area contributed by atoms with Crippen molar-refractivity contribution >= 4 is 39.0 Å². The van der Waals surface area contributed by atoms with E-state index in [1.165, 1.54) is 5.69 Å². The SMILES string of the molecule is CCN1CCN(c2ccc(NC(=O)Cc3coc4ccc5ccccc5c34)c(C)c2)CC1. The van der Waals surface area contributed by atoms with E-state index in [0.29, 0.717) is 0 Å². The van der Waals surface area contributed by atoms with E-state index in [1.54, 1.807) is 6.26 Å². The topological polar surface area (TPSA) is 48.7 Å². The van der Waals surface area contributed by atoms with E-state index in [4.69, 9.17) is 4.42 Å². The third kappa shape index (κ3) is 3.96. The number of hydrogen-bond donors (Lipinski definition) is 1. The van der Waals surface area contributed by atoms with Gasteiger partial charge in [-0.05, 0) is 54.1 Å². The summed E-state index contributed by atoms with van der Waals surface area (Å²) < 4.78 is 5.74. The van der Waals surface area contributed by atoms with E-state index < -0.39 is 0 Å². The first-order valence-electron chi connectivity index (χ1n) is 11.4. The van der Waals surface area contributed by atoms with Crippen LogP contribution in [0.3, 0.4) is 0 Å². The van der Waals surface area contributed by atoms with Crippen molar-refractivity contribution < 1.29 is 9.21 Å². The number of amides is 1. The van der Waals surface area contributed by atoms with Crippen LogP contribution in [-0.4, -0.2) is 43.5 Å². The summed E-state index contributed by atoms with van der Waals surface area (Å²) in [6.07, 6.45) is 1.99. The molecule has 0 saturated carbocycles. The van der Waals surface area contributed by atoms with Crippen molar-refractivity contribution in [1.82, 2.24) is 4.90 Å². The van der Waals surface area contributed by atoms with Gasteiger partial charge in [0.25, 0.3) is 0 Å². The van der Waals surface area contributed by atoms with Crippen LogP contribution >= 0.6 is 0 Å².